The van der Waals surface area contributed by atoms with Crippen molar-refractivity contribution in [3.63, 3.8) is 0 Å². The molecule has 0 radical (unpaired) electrons. The zero-order chi connectivity index (χ0) is 13.7. The molecule has 100 valence electrons. The number of rotatable bonds is 5. The zero-order valence-corrected chi connectivity index (χ0v) is 11.9. The summed E-state index contributed by atoms with van der Waals surface area (Å²) in [4.78, 5) is 12.9. The summed E-state index contributed by atoms with van der Waals surface area (Å²) in [6, 6.07) is 11.7. The van der Waals surface area contributed by atoms with Crippen LogP contribution in [0.5, 0.6) is 5.75 Å². The Labute approximate surface area is 117 Å². The minimum absolute atomic E-state index is 0.0219. The van der Waals surface area contributed by atoms with Gasteiger partial charge in [-0.05, 0) is 43.0 Å². The van der Waals surface area contributed by atoms with E-state index in [1.54, 1.807) is 11.3 Å². The van der Waals surface area contributed by atoms with E-state index in [4.69, 9.17) is 4.74 Å². The number of carbonyl (C=O) groups is 1. The molecule has 2 rings (SSSR count). The standard InChI is InChI=1S/C15H17NO2S/c1-11-5-3-6-13(9-11)18-10-15(17)16-12(2)14-7-4-8-19-14/h3-9,12H,10H2,1-2H3,(H,16,17). The first-order valence-electron chi connectivity index (χ1n) is 6.17. The van der Waals surface area contributed by atoms with Crippen LogP contribution in [0.3, 0.4) is 0 Å². The number of benzene rings is 1. The Bertz CT molecular complexity index is 537. The molecule has 0 aliphatic carbocycles. The van der Waals surface area contributed by atoms with Crippen LogP contribution in [0.4, 0.5) is 0 Å². The predicted octanol–water partition coefficient (Wildman–Crippen LogP) is 3.31. The molecule has 1 aromatic heterocycles. The van der Waals surface area contributed by atoms with Crippen molar-refractivity contribution in [2.45, 2.75) is 19.9 Å². The lowest BCUT2D eigenvalue weighted by atomic mass is 10.2. The van der Waals surface area contributed by atoms with Crippen molar-refractivity contribution in [2.75, 3.05) is 6.61 Å². The highest BCUT2D eigenvalue weighted by atomic mass is 32.1. The van der Waals surface area contributed by atoms with Gasteiger partial charge >= 0.3 is 0 Å². The van der Waals surface area contributed by atoms with Crippen LogP contribution in [-0.2, 0) is 4.79 Å². The summed E-state index contributed by atoms with van der Waals surface area (Å²) in [7, 11) is 0. The summed E-state index contributed by atoms with van der Waals surface area (Å²) >= 11 is 1.63. The normalized spacial score (nSPS) is 11.9. The summed E-state index contributed by atoms with van der Waals surface area (Å²) in [6.07, 6.45) is 0. The van der Waals surface area contributed by atoms with Crippen LogP contribution in [0.2, 0.25) is 0 Å². The van der Waals surface area contributed by atoms with Gasteiger partial charge in [0, 0.05) is 4.88 Å². The van der Waals surface area contributed by atoms with E-state index < -0.39 is 0 Å². The van der Waals surface area contributed by atoms with Crippen LogP contribution in [0.1, 0.15) is 23.4 Å². The van der Waals surface area contributed by atoms with Gasteiger partial charge in [0.1, 0.15) is 5.75 Å². The van der Waals surface area contributed by atoms with Crippen LogP contribution in [0.25, 0.3) is 0 Å². The van der Waals surface area contributed by atoms with E-state index >= 15 is 0 Å². The molecule has 1 N–H and O–H groups in total. The zero-order valence-electron chi connectivity index (χ0n) is 11.1. The van der Waals surface area contributed by atoms with E-state index in [1.165, 1.54) is 0 Å². The Morgan fingerprint density at radius 2 is 2.21 bits per heavy atom. The fraction of sp³-hybridized carbons (Fsp3) is 0.267. The lowest BCUT2D eigenvalue weighted by molar-refractivity contribution is -0.123. The maximum Gasteiger partial charge on any atom is 0.258 e. The molecule has 1 aromatic carbocycles. The highest BCUT2D eigenvalue weighted by Gasteiger charge is 2.10. The van der Waals surface area contributed by atoms with Gasteiger partial charge in [-0.15, -0.1) is 11.3 Å². The number of aryl methyl sites for hydroxylation is 1. The Balaban J connectivity index is 1.82. The molecule has 19 heavy (non-hydrogen) atoms. The van der Waals surface area contributed by atoms with Crippen LogP contribution in [-0.4, -0.2) is 12.5 Å². The van der Waals surface area contributed by atoms with Gasteiger partial charge in [-0.3, -0.25) is 4.79 Å². The first-order chi connectivity index (χ1) is 9.15. The number of hydrogen-bond donors (Lipinski definition) is 1. The third-order valence-corrected chi connectivity index (χ3v) is 3.76. The van der Waals surface area contributed by atoms with Crippen molar-refractivity contribution in [3.05, 3.63) is 52.2 Å². The molecular weight excluding hydrogens is 258 g/mol. The van der Waals surface area contributed by atoms with Gasteiger partial charge < -0.3 is 10.1 Å². The summed E-state index contributed by atoms with van der Waals surface area (Å²) < 4.78 is 5.46. The second kappa shape index (κ2) is 6.38. The third-order valence-electron chi connectivity index (χ3n) is 2.71. The molecule has 0 aliphatic heterocycles. The van der Waals surface area contributed by atoms with E-state index in [0.29, 0.717) is 0 Å². The maximum absolute atomic E-state index is 11.8. The first kappa shape index (κ1) is 13.6. The molecule has 1 atom stereocenters. The first-order valence-corrected chi connectivity index (χ1v) is 7.05. The second-order valence-electron chi connectivity index (χ2n) is 4.41. The van der Waals surface area contributed by atoms with Crippen molar-refractivity contribution >= 4 is 17.2 Å². The highest BCUT2D eigenvalue weighted by Crippen LogP contribution is 2.18. The fourth-order valence-corrected chi connectivity index (χ4v) is 2.48. The van der Waals surface area contributed by atoms with E-state index in [9.17, 15) is 4.79 Å². The number of thiophene rings is 1. The van der Waals surface area contributed by atoms with E-state index in [1.807, 2.05) is 55.6 Å². The fourth-order valence-electron chi connectivity index (χ4n) is 1.75. The average molecular weight is 275 g/mol. The quantitative estimate of drug-likeness (QED) is 0.909. The number of nitrogens with one attached hydrogen (secondary N) is 1. The SMILES string of the molecule is Cc1cccc(OCC(=O)NC(C)c2cccs2)c1. The van der Waals surface area contributed by atoms with Gasteiger partial charge in [0.15, 0.2) is 6.61 Å². The molecule has 2 aromatic rings. The molecule has 0 fully saturated rings. The Morgan fingerprint density at radius 3 is 2.89 bits per heavy atom. The third kappa shape index (κ3) is 4.10. The second-order valence-corrected chi connectivity index (χ2v) is 5.39. The summed E-state index contributed by atoms with van der Waals surface area (Å²) in [6.45, 7) is 4.00. The minimum atomic E-state index is -0.109. The summed E-state index contributed by atoms with van der Waals surface area (Å²) in [5.74, 6) is 0.612. The van der Waals surface area contributed by atoms with Gasteiger partial charge in [0.2, 0.25) is 0 Å². The van der Waals surface area contributed by atoms with Crippen LogP contribution >= 0.6 is 11.3 Å². The van der Waals surface area contributed by atoms with Gasteiger partial charge in [-0.25, -0.2) is 0 Å². The van der Waals surface area contributed by atoms with E-state index in [0.717, 1.165) is 16.2 Å². The Kier molecular flexibility index (Phi) is 4.58. The molecule has 0 saturated heterocycles. The van der Waals surface area contributed by atoms with Crippen LogP contribution in [0.15, 0.2) is 41.8 Å². The van der Waals surface area contributed by atoms with Gasteiger partial charge in [-0.2, -0.15) is 0 Å². The Morgan fingerprint density at radius 1 is 1.37 bits per heavy atom. The molecular formula is C15H17NO2S. The lowest BCUT2D eigenvalue weighted by Crippen LogP contribution is -2.30. The molecule has 3 nitrogen and oxygen atoms in total. The van der Waals surface area contributed by atoms with E-state index in [2.05, 4.69) is 5.32 Å². The number of hydrogen-bond acceptors (Lipinski definition) is 3. The van der Waals surface area contributed by atoms with Crippen LogP contribution < -0.4 is 10.1 Å². The van der Waals surface area contributed by atoms with Gasteiger partial charge in [0.25, 0.3) is 5.91 Å². The Hall–Kier alpha value is -1.81. The molecule has 0 aliphatic rings. The minimum Gasteiger partial charge on any atom is -0.484 e. The highest BCUT2D eigenvalue weighted by molar-refractivity contribution is 7.10. The maximum atomic E-state index is 11.8. The molecule has 1 heterocycles. The van der Waals surface area contributed by atoms with Crippen molar-refractivity contribution in [3.8, 4) is 5.75 Å². The van der Waals surface area contributed by atoms with Crippen molar-refractivity contribution in [1.82, 2.24) is 5.32 Å². The summed E-state index contributed by atoms with van der Waals surface area (Å²) in [5, 5.41) is 4.91. The topological polar surface area (TPSA) is 38.3 Å². The molecule has 1 unspecified atom stereocenters. The summed E-state index contributed by atoms with van der Waals surface area (Å²) in [5.41, 5.74) is 1.12. The molecule has 0 bridgehead atoms. The molecule has 0 saturated carbocycles. The monoisotopic (exact) mass is 275 g/mol. The largest absolute Gasteiger partial charge is 0.484 e. The van der Waals surface area contributed by atoms with Gasteiger partial charge in [-0.1, -0.05) is 18.2 Å². The molecule has 1 amide bonds. The average Bonchev–Trinajstić information content (AvgIpc) is 2.90. The van der Waals surface area contributed by atoms with Crippen LogP contribution in [0, 0.1) is 6.92 Å². The number of amides is 1. The number of carbonyl (C=O) groups excluding carboxylic acids is 1. The van der Waals surface area contributed by atoms with Crippen molar-refractivity contribution in [1.29, 1.82) is 0 Å². The van der Waals surface area contributed by atoms with Crippen molar-refractivity contribution in [2.24, 2.45) is 0 Å². The number of ether oxygens (including phenoxy) is 1. The molecule has 4 heteroatoms. The molecule has 0 spiro atoms. The predicted molar refractivity (Wildman–Crippen MR) is 77.6 cm³/mol. The smallest absolute Gasteiger partial charge is 0.258 e. The van der Waals surface area contributed by atoms with Gasteiger partial charge in [0.05, 0.1) is 6.04 Å². The lowest BCUT2D eigenvalue weighted by Gasteiger charge is -2.13. The van der Waals surface area contributed by atoms with E-state index in [-0.39, 0.29) is 18.6 Å². The van der Waals surface area contributed by atoms with Crippen molar-refractivity contribution < 1.29 is 9.53 Å².